The van der Waals surface area contributed by atoms with Crippen LogP contribution in [-0.2, 0) is 9.53 Å². The maximum Gasteiger partial charge on any atom is 0.345 e. The van der Waals surface area contributed by atoms with E-state index in [9.17, 15) is 19.7 Å². The van der Waals surface area contributed by atoms with E-state index >= 15 is 0 Å². The largest absolute Gasteiger partial charge is 0.462 e. The molecule has 6 nitrogen and oxygen atoms in total. The smallest absolute Gasteiger partial charge is 0.345 e. The van der Waals surface area contributed by atoms with Crippen LogP contribution < -0.4 is 0 Å². The average Bonchev–Trinajstić information content (AvgIpc) is 2.36. The number of nitro benzene ring substituents is 1. The van der Waals surface area contributed by atoms with Gasteiger partial charge in [-0.2, -0.15) is 0 Å². The summed E-state index contributed by atoms with van der Waals surface area (Å²) in [6, 6.07) is 4.53. The number of benzene rings is 1. The van der Waals surface area contributed by atoms with E-state index in [1.54, 1.807) is 19.1 Å². The normalized spacial score (nSPS) is 10.1. The van der Waals surface area contributed by atoms with E-state index < -0.39 is 10.9 Å². The molecule has 0 spiro atoms. The maximum absolute atomic E-state index is 11.8. The van der Waals surface area contributed by atoms with Gasteiger partial charge in [0.1, 0.15) is 11.3 Å². The van der Waals surface area contributed by atoms with Crippen molar-refractivity contribution < 1.29 is 19.2 Å². The van der Waals surface area contributed by atoms with E-state index in [1.807, 2.05) is 0 Å². The molecule has 1 aromatic rings. The number of ketones is 1. The van der Waals surface area contributed by atoms with E-state index in [2.05, 4.69) is 0 Å². The Balaban J connectivity index is 2.62. The van der Waals surface area contributed by atoms with Gasteiger partial charge in [-0.25, -0.2) is 4.79 Å². The van der Waals surface area contributed by atoms with Crippen molar-refractivity contribution in [1.29, 1.82) is 0 Å². The molecule has 0 heterocycles. The summed E-state index contributed by atoms with van der Waals surface area (Å²) < 4.78 is 5.00. The average molecular weight is 279 g/mol. The van der Waals surface area contributed by atoms with Crippen LogP contribution in [0.2, 0.25) is 0 Å². The number of ether oxygens (including phenoxy) is 1. The highest BCUT2D eigenvalue weighted by Crippen LogP contribution is 2.23. The Bertz CT molecular complexity index is 524. The molecule has 0 saturated heterocycles. The van der Waals surface area contributed by atoms with Crippen LogP contribution in [0, 0.1) is 17.0 Å². The number of carbonyl (C=O) groups is 2. The fraction of sp³-hybridized carbons (Fsp3) is 0.429. The van der Waals surface area contributed by atoms with Gasteiger partial charge < -0.3 is 9.53 Å². The van der Waals surface area contributed by atoms with E-state index in [1.165, 1.54) is 13.0 Å². The first-order valence-electron chi connectivity index (χ1n) is 6.34. The third-order valence-corrected chi connectivity index (χ3v) is 2.80. The maximum atomic E-state index is 11.8. The molecule has 0 bridgehead atoms. The van der Waals surface area contributed by atoms with Gasteiger partial charge >= 0.3 is 5.97 Å². The van der Waals surface area contributed by atoms with Gasteiger partial charge in [-0.05, 0) is 32.8 Å². The number of Topliss-reactive ketones (excluding diaryl/α,β-unsaturated/α-hetero) is 1. The van der Waals surface area contributed by atoms with Gasteiger partial charge in [-0.1, -0.05) is 12.1 Å². The van der Waals surface area contributed by atoms with Gasteiger partial charge in [-0.15, -0.1) is 0 Å². The molecule has 0 unspecified atom stereocenters. The molecule has 0 N–H and O–H groups in total. The summed E-state index contributed by atoms with van der Waals surface area (Å²) >= 11 is 0. The zero-order valence-electron chi connectivity index (χ0n) is 11.5. The van der Waals surface area contributed by atoms with Crippen molar-refractivity contribution in [2.75, 3.05) is 6.61 Å². The fourth-order valence-electron chi connectivity index (χ4n) is 1.78. The number of carbonyl (C=O) groups excluding carboxylic acids is 2. The molecule has 6 heteroatoms. The Morgan fingerprint density at radius 3 is 2.60 bits per heavy atom. The number of hydrogen-bond donors (Lipinski definition) is 0. The Labute approximate surface area is 116 Å². The zero-order valence-corrected chi connectivity index (χ0v) is 11.5. The molecule has 0 radical (unpaired) electrons. The summed E-state index contributed by atoms with van der Waals surface area (Å²) in [4.78, 5) is 32.9. The Morgan fingerprint density at radius 1 is 1.30 bits per heavy atom. The second-order valence-electron chi connectivity index (χ2n) is 4.52. The molecule has 0 saturated carbocycles. The lowest BCUT2D eigenvalue weighted by molar-refractivity contribution is -0.385. The number of para-hydroxylation sites is 1. The monoisotopic (exact) mass is 279 g/mol. The standard InChI is InChI=1S/C14H17NO5/c1-10-6-5-8-12(13(10)15(18)19)14(17)20-9-4-3-7-11(2)16/h5-6,8H,3-4,7,9H2,1-2H3. The SMILES string of the molecule is CC(=O)CCCCOC(=O)c1cccc(C)c1[N+](=O)[O-]. The molecule has 1 rings (SSSR count). The number of rotatable bonds is 7. The molecular weight excluding hydrogens is 262 g/mol. The first-order valence-corrected chi connectivity index (χ1v) is 6.34. The Hall–Kier alpha value is -2.24. The Morgan fingerprint density at radius 2 is 2.00 bits per heavy atom. The second-order valence-corrected chi connectivity index (χ2v) is 4.52. The lowest BCUT2D eigenvalue weighted by Gasteiger charge is -2.06. The lowest BCUT2D eigenvalue weighted by Crippen LogP contribution is -2.10. The number of unbranched alkanes of at least 4 members (excludes halogenated alkanes) is 1. The summed E-state index contributed by atoms with van der Waals surface area (Å²) in [5.41, 5.74) is 0.156. The molecule has 0 amide bonds. The van der Waals surface area contributed by atoms with E-state index in [4.69, 9.17) is 4.74 Å². The molecule has 108 valence electrons. The summed E-state index contributed by atoms with van der Waals surface area (Å²) in [5.74, 6) is -0.617. The van der Waals surface area contributed by atoms with Crippen molar-refractivity contribution in [3.8, 4) is 0 Å². The van der Waals surface area contributed by atoms with Gasteiger partial charge in [0, 0.05) is 12.0 Å². The Kier molecular flexibility index (Phi) is 5.83. The third-order valence-electron chi connectivity index (χ3n) is 2.80. The van der Waals surface area contributed by atoms with Gasteiger partial charge in [0.25, 0.3) is 5.69 Å². The summed E-state index contributed by atoms with van der Waals surface area (Å²) in [5, 5.41) is 11.0. The van der Waals surface area contributed by atoms with Gasteiger partial charge in [0.05, 0.1) is 11.5 Å². The van der Waals surface area contributed by atoms with Crippen LogP contribution in [-0.4, -0.2) is 23.3 Å². The van der Waals surface area contributed by atoms with Gasteiger partial charge in [0.15, 0.2) is 0 Å². The minimum atomic E-state index is -0.705. The van der Waals surface area contributed by atoms with E-state index in [0.717, 1.165) is 0 Å². The molecule has 0 aliphatic carbocycles. The molecule has 0 atom stereocenters. The fourth-order valence-corrected chi connectivity index (χ4v) is 1.78. The number of nitrogens with zero attached hydrogens (tertiary/aromatic N) is 1. The van der Waals surface area contributed by atoms with Gasteiger partial charge in [-0.3, -0.25) is 10.1 Å². The van der Waals surface area contributed by atoms with Crippen molar-refractivity contribution >= 4 is 17.4 Å². The van der Waals surface area contributed by atoms with Crippen LogP contribution in [0.3, 0.4) is 0 Å². The molecule has 0 aliphatic heterocycles. The first kappa shape index (κ1) is 15.8. The summed E-state index contributed by atoms with van der Waals surface area (Å²) in [7, 11) is 0. The quantitative estimate of drug-likeness (QED) is 0.331. The van der Waals surface area contributed by atoms with Crippen molar-refractivity contribution in [2.45, 2.75) is 33.1 Å². The minimum Gasteiger partial charge on any atom is -0.462 e. The van der Waals surface area contributed by atoms with Crippen LogP contribution in [0.15, 0.2) is 18.2 Å². The van der Waals surface area contributed by atoms with Crippen LogP contribution >= 0.6 is 0 Å². The second kappa shape index (κ2) is 7.37. The molecule has 20 heavy (non-hydrogen) atoms. The summed E-state index contributed by atoms with van der Waals surface area (Å²) in [6.07, 6.45) is 1.64. The van der Waals surface area contributed by atoms with Crippen molar-refractivity contribution in [3.63, 3.8) is 0 Å². The number of nitro groups is 1. The molecule has 0 aliphatic rings. The van der Waals surface area contributed by atoms with Crippen LogP contribution in [0.25, 0.3) is 0 Å². The highest BCUT2D eigenvalue weighted by molar-refractivity contribution is 5.94. The molecule has 0 fully saturated rings. The topological polar surface area (TPSA) is 86.5 Å². The van der Waals surface area contributed by atoms with Crippen molar-refractivity contribution in [2.24, 2.45) is 0 Å². The molecular formula is C14H17NO5. The van der Waals surface area contributed by atoms with E-state index in [-0.39, 0.29) is 23.6 Å². The van der Waals surface area contributed by atoms with Crippen LogP contribution in [0.4, 0.5) is 5.69 Å². The highest BCUT2D eigenvalue weighted by atomic mass is 16.6. The molecule has 0 aromatic heterocycles. The van der Waals surface area contributed by atoms with Crippen LogP contribution in [0.5, 0.6) is 0 Å². The first-order chi connectivity index (χ1) is 9.43. The predicted molar refractivity (Wildman–Crippen MR) is 72.6 cm³/mol. The number of hydrogen-bond acceptors (Lipinski definition) is 5. The molecule has 1 aromatic carbocycles. The highest BCUT2D eigenvalue weighted by Gasteiger charge is 2.23. The van der Waals surface area contributed by atoms with Crippen molar-refractivity contribution in [1.82, 2.24) is 0 Å². The van der Waals surface area contributed by atoms with Crippen LogP contribution in [0.1, 0.15) is 42.1 Å². The van der Waals surface area contributed by atoms with Crippen molar-refractivity contribution in [3.05, 3.63) is 39.4 Å². The number of aryl methyl sites for hydroxylation is 1. The summed E-state index contributed by atoms with van der Waals surface area (Å²) in [6.45, 7) is 3.22. The van der Waals surface area contributed by atoms with E-state index in [0.29, 0.717) is 24.8 Å². The number of esters is 1. The predicted octanol–water partition coefficient (Wildman–Crippen LogP) is 2.82. The van der Waals surface area contributed by atoms with Gasteiger partial charge in [0.2, 0.25) is 0 Å². The lowest BCUT2D eigenvalue weighted by atomic mass is 10.1. The third kappa shape index (κ3) is 4.46. The minimum absolute atomic E-state index is 0.0402. The zero-order chi connectivity index (χ0) is 15.1.